The SMILES string of the molecule is COCCN(C(=O)c1cncc(Cl)n1)C(C)C. The molecular formula is C11H16ClN3O2. The normalized spacial score (nSPS) is 10.6. The number of halogens is 1. The van der Waals surface area contributed by atoms with Crippen molar-refractivity contribution in [3.05, 3.63) is 23.2 Å². The van der Waals surface area contributed by atoms with Crippen molar-refractivity contribution < 1.29 is 9.53 Å². The molecule has 0 aliphatic rings. The first-order valence-electron chi connectivity index (χ1n) is 5.33. The van der Waals surface area contributed by atoms with E-state index >= 15 is 0 Å². The third-order valence-electron chi connectivity index (χ3n) is 2.24. The molecule has 0 aliphatic heterocycles. The van der Waals surface area contributed by atoms with Gasteiger partial charge in [-0.1, -0.05) is 11.6 Å². The van der Waals surface area contributed by atoms with Gasteiger partial charge in [0.05, 0.1) is 19.0 Å². The van der Waals surface area contributed by atoms with E-state index in [2.05, 4.69) is 9.97 Å². The molecule has 0 aliphatic carbocycles. The van der Waals surface area contributed by atoms with Crippen LogP contribution in [0.4, 0.5) is 0 Å². The van der Waals surface area contributed by atoms with Gasteiger partial charge in [0.1, 0.15) is 10.8 Å². The zero-order valence-corrected chi connectivity index (χ0v) is 10.9. The third-order valence-corrected chi connectivity index (χ3v) is 2.43. The van der Waals surface area contributed by atoms with E-state index < -0.39 is 0 Å². The minimum Gasteiger partial charge on any atom is -0.383 e. The molecule has 1 aromatic rings. The second-order valence-corrected chi connectivity index (χ2v) is 4.20. The van der Waals surface area contributed by atoms with Crippen molar-refractivity contribution in [1.29, 1.82) is 0 Å². The summed E-state index contributed by atoms with van der Waals surface area (Å²) in [6, 6.07) is 0.0680. The first-order chi connectivity index (χ1) is 8.06. The van der Waals surface area contributed by atoms with Crippen molar-refractivity contribution in [2.24, 2.45) is 0 Å². The first kappa shape index (κ1) is 13.9. The lowest BCUT2D eigenvalue weighted by atomic mass is 10.2. The van der Waals surface area contributed by atoms with Gasteiger partial charge in [0.15, 0.2) is 0 Å². The van der Waals surface area contributed by atoms with Gasteiger partial charge in [0, 0.05) is 19.7 Å². The number of amides is 1. The molecule has 94 valence electrons. The van der Waals surface area contributed by atoms with E-state index in [1.807, 2.05) is 13.8 Å². The van der Waals surface area contributed by atoms with Gasteiger partial charge in [-0.2, -0.15) is 0 Å². The maximum Gasteiger partial charge on any atom is 0.274 e. The van der Waals surface area contributed by atoms with Gasteiger partial charge < -0.3 is 9.64 Å². The highest BCUT2D eigenvalue weighted by atomic mass is 35.5. The van der Waals surface area contributed by atoms with Crippen LogP contribution in [-0.4, -0.2) is 47.1 Å². The van der Waals surface area contributed by atoms with Crippen molar-refractivity contribution in [3.63, 3.8) is 0 Å². The Kier molecular flexibility index (Phi) is 5.31. The number of ether oxygens (including phenoxy) is 1. The zero-order valence-electron chi connectivity index (χ0n) is 10.2. The zero-order chi connectivity index (χ0) is 12.8. The van der Waals surface area contributed by atoms with E-state index in [1.165, 1.54) is 12.4 Å². The van der Waals surface area contributed by atoms with Crippen LogP contribution in [0.1, 0.15) is 24.3 Å². The molecule has 0 saturated carbocycles. The van der Waals surface area contributed by atoms with Crippen LogP contribution >= 0.6 is 11.6 Å². The van der Waals surface area contributed by atoms with Crippen LogP contribution in [0.5, 0.6) is 0 Å². The van der Waals surface area contributed by atoms with Gasteiger partial charge >= 0.3 is 0 Å². The first-order valence-corrected chi connectivity index (χ1v) is 5.71. The quantitative estimate of drug-likeness (QED) is 0.805. The highest BCUT2D eigenvalue weighted by molar-refractivity contribution is 6.29. The van der Waals surface area contributed by atoms with Gasteiger partial charge in [-0.25, -0.2) is 4.98 Å². The third kappa shape index (κ3) is 3.94. The van der Waals surface area contributed by atoms with Crippen LogP contribution in [0, 0.1) is 0 Å². The Balaban J connectivity index is 2.84. The van der Waals surface area contributed by atoms with Gasteiger partial charge in [-0.3, -0.25) is 9.78 Å². The molecule has 0 atom stereocenters. The van der Waals surface area contributed by atoms with Crippen LogP contribution in [0.15, 0.2) is 12.4 Å². The van der Waals surface area contributed by atoms with Gasteiger partial charge in [-0.15, -0.1) is 0 Å². The Labute approximate surface area is 106 Å². The molecular weight excluding hydrogens is 242 g/mol. The lowest BCUT2D eigenvalue weighted by Gasteiger charge is -2.25. The summed E-state index contributed by atoms with van der Waals surface area (Å²) in [6.45, 7) is 4.87. The maximum absolute atomic E-state index is 12.2. The molecule has 1 rings (SSSR count). The fourth-order valence-corrected chi connectivity index (χ4v) is 1.52. The molecule has 0 unspecified atom stereocenters. The summed E-state index contributed by atoms with van der Waals surface area (Å²) in [4.78, 5) is 21.6. The molecule has 0 spiro atoms. The van der Waals surface area contributed by atoms with Crippen molar-refractivity contribution in [2.75, 3.05) is 20.3 Å². The standard InChI is InChI=1S/C11H16ClN3O2/c1-8(2)15(4-5-17-3)11(16)9-6-13-7-10(12)14-9/h6-8H,4-5H2,1-3H3. The van der Waals surface area contributed by atoms with Crippen LogP contribution in [0.25, 0.3) is 0 Å². The topological polar surface area (TPSA) is 55.3 Å². The summed E-state index contributed by atoms with van der Waals surface area (Å²) < 4.78 is 4.98. The number of carbonyl (C=O) groups excluding carboxylic acids is 1. The largest absolute Gasteiger partial charge is 0.383 e. The highest BCUT2D eigenvalue weighted by Crippen LogP contribution is 2.08. The average Bonchev–Trinajstić information content (AvgIpc) is 2.29. The van der Waals surface area contributed by atoms with Crippen LogP contribution in [0.3, 0.4) is 0 Å². The Morgan fingerprint density at radius 2 is 2.24 bits per heavy atom. The van der Waals surface area contributed by atoms with Crippen LogP contribution in [-0.2, 0) is 4.74 Å². The van der Waals surface area contributed by atoms with Crippen molar-refractivity contribution in [1.82, 2.24) is 14.9 Å². The number of nitrogens with zero attached hydrogens (tertiary/aromatic N) is 3. The predicted molar refractivity (Wildman–Crippen MR) is 65.1 cm³/mol. The number of aromatic nitrogens is 2. The highest BCUT2D eigenvalue weighted by Gasteiger charge is 2.20. The molecule has 1 heterocycles. The average molecular weight is 258 g/mol. The predicted octanol–water partition coefficient (Wildman–Crippen LogP) is 1.63. The Bertz CT molecular complexity index is 385. The van der Waals surface area contributed by atoms with Crippen molar-refractivity contribution >= 4 is 17.5 Å². The summed E-state index contributed by atoms with van der Waals surface area (Å²) >= 11 is 5.71. The minimum absolute atomic E-state index is 0.0680. The summed E-state index contributed by atoms with van der Waals surface area (Å²) in [5.74, 6) is -0.188. The summed E-state index contributed by atoms with van der Waals surface area (Å²) in [6.07, 6.45) is 2.81. The summed E-state index contributed by atoms with van der Waals surface area (Å²) in [5.41, 5.74) is 0.252. The summed E-state index contributed by atoms with van der Waals surface area (Å²) in [5, 5.41) is 0.214. The number of hydrogen-bond donors (Lipinski definition) is 0. The fraction of sp³-hybridized carbons (Fsp3) is 0.545. The van der Waals surface area contributed by atoms with Gasteiger partial charge in [0.2, 0.25) is 0 Å². The molecule has 0 fully saturated rings. The maximum atomic E-state index is 12.2. The Hall–Kier alpha value is -1.20. The molecule has 0 saturated heterocycles. The van der Waals surface area contributed by atoms with Crippen LogP contribution < -0.4 is 0 Å². The molecule has 6 heteroatoms. The summed E-state index contributed by atoms with van der Waals surface area (Å²) in [7, 11) is 1.60. The number of methoxy groups -OCH3 is 1. The number of hydrogen-bond acceptors (Lipinski definition) is 4. The molecule has 5 nitrogen and oxygen atoms in total. The van der Waals surface area contributed by atoms with Crippen LogP contribution in [0.2, 0.25) is 5.15 Å². The van der Waals surface area contributed by atoms with E-state index in [-0.39, 0.29) is 22.8 Å². The molecule has 1 aromatic heterocycles. The van der Waals surface area contributed by atoms with E-state index in [9.17, 15) is 4.79 Å². The Morgan fingerprint density at radius 1 is 1.53 bits per heavy atom. The lowest BCUT2D eigenvalue weighted by molar-refractivity contribution is 0.0628. The number of carbonyl (C=O) groups is 1. The van der Waals surface area contributed by atoms with E-state index in [1.54, 1.807) is 12.0 Å². The second-order valence-electron chi connectivity index (χ2n) is 3.81. The molecule has 17 heavy (non-hydrogen) atoms. The lowest BCUT2D eigenvalue weighted by Crippen LogP contribution is -2.39. The van der Waals surface area contributed by atoms with Gasteiger partial charge in [0.25, 0.3) is 5.91 Å². The molecule has 0 bridgehead atoms. The molecule has 0 aromatic carbocycles. The monoisotopic (exact) mass is 257 g/mol. The van der Waals surface area contributed by atoms with Gasteiger partial charge in [-0.05, 0) is 13.8 Å². The smallest absolute Gasteiger partial charge is 0.274 e. The molecule has 1 amide bonds. The fourth-order valence-electron chi connectivity index (χ4n) is 1.38. The molecule has 0 N–H and O–H groups in total. The minimum atomic E-state index is -0.188. The van der Waals surface area contributed by atoms with E-state index in [0.717, 1.165) is 0 Å². The van der Waals surface area contributed by atoms with E-state index in [4.69, 9.17) is 16.3 Å². The van der Waals surface area contributed by atoms with Crippen molar-refractivity contribution in [2.45, 2.75) is 19.9 Å². The molecule has 0 radical (unpaired) electrons. The second kappa shape index (κ2) is 6.51. The van der Waals surface area contributed by atoms with Crippen molar-refractivity contribution in [3.8, 4) is 0 Å². The Morgan fingerprint density at radius 3 is 2.76 bits per heavy atom. The van der Waals surface area contributed by atoms with E-state index in [0.29, 0.717) is 13.2 Å². The number of rotatable bonds is 5.